The summed E-state index contributed by atoms with van der Waals surface area (Å²) in [5, 5.41) is 4.24. The molecule has 0 bridgehead atoms. The molecule has 0 aliphatic carbocycles. The summed E-state index contributed by atoms with van der Waals surface area (Å²) in [7, 11) is 3.19. The normalized spacial score (nSPS) is 11.0. The van der Waals surface area contributed by atoms with E-state index in [2.05, 4.69) is 10.5 Å². The van der Waals surface area contributed by atoms with E-state index in [1.165, 1.54) is 0 Å². The maximum Gasteiger partial charge on any atom is 0.271 e. The molecule has 0 aromatic heterocycles. The SMILES string of the molecule is CC/C(=N\NC(=O)c1cccc(OC)c1)c1ccc(OC)cc1. The van der Waals surface area contributed by atoms with E-state index in [-0.39, 0.29) is 5.91 Å². The van der Waals surface area contributed by atoms with Crippen molar-refractivity contribution in [3.05, 3.63) is 59.7 Å². The zero-order valence-corrected chi connectivity index (χ0v) is 13.5. The number of carbonyl (C=O) groups excluding carboxylic acids is 1. The van der Waals surface area contributed by atoms with Crippen LogP contribution >= 0.6 is 0 Å². The van der Waals surface area contributed by atoms with E-state index in [1.54, 1.807) is 38.5 Å². The van der Waals surface area contributed by atoms with E-state index in [0.29, 0.717) is 17.7 Å². The van der Waals surface area contributed by atoms with Gasteiger partial charge in [0.1, 0.15) is 11.5 Å². The van der Waals surface area contributed by atoms with Gasteiger partial charge in [0.15, 0.2) is 0 Å². The minimum Gasteiger partial charge on any atom is -0.497 e. The number of carbonyl (C=O) groups is 1. The Kier molecular flexibility index (Phi) is 5.74. The first-order valence-corrected chi connectivity index (χ1v) is 7.33. The number of ether oxygens (including phenoxy) is 2. The molecule has 5 heteroatoms. The third kappa shape index (κ3) is 4.32. The standard InChI is InChI=1S/C18H20N2O3/c1-4-17(13-8-10-15(22-2)11-9-13)19-20-18(21)14-6-5-7-16(12-14)23-3/h5-12H,4H2,1-3H3,(H,20,21)/b19-17+. The molecule has 120 valence electrons. The molecule has 0 unspecified atom stereocenters. The monoisotopic (exact) mass is 312 g/mol. The van der Waals surface area contributed by atoms with E-state index in [4.69, 9.17) is 9.47 Å². The largest absolute Gasteiger partial charge is 0.497 e. The van der Waals surface area contributed by atoms with Crippen LogP contribution in [0.2, 0.25) is 0 Å². The van der Waals surface area contributed by atoms with Gasteiger partial charge in [-0.15, -0.1) is 0 Å². The van der Waals surface area contributed by atoms with Gasteiger partial charge in [-0.2, -0.15) is 5.10 Å². The van der Waals surface area contributed by atoms with Crippen molar-refractivity contribution < 1.29 is 14.3 Å². The zero-order chi connectivity index (χ0) is 16.7. The molecule has 5 nitrogen and oxygen atoms in total. The maximum atomic E-state index is 12.2. The van der Waals surface area contributed by atoms with E-state index < -0.39 is 0 Å². The quantitative estimate of drug-likeness (QED) is 0.658. The number of methoxy groups -OCH3 is 2. The average Bonchev–Trinajstić information content (AvgIpc) is 2.62. The lowest BCUT2D eigenvalue weighted by Gasteiger charge is -2.07. The highest BCUT2D eigenvalue weighted by Gasteiger charge is 2.07. The van der Waals surface area contributed by atoms with Crippen LogP contribution < -0.4 is 14.9 Å². The van der Waals surface area contributed by atoms with Gasteiger partial charge in [0.2, 0.25) is 0 Å². The van der Waals surface area contributed by atoms with Gasteiger partial charge >= 0.3 is 0 Å². The Bertz CT molecular complexity index is 694. The van der Waals surface area contributed by atoms with E-state index >= 15 is 0 Å². The Morgan fingerprint density at radius 1 is 1.00 bits per heavy atom. The third-order valence-corrected chi connectivity index (χ3v) is 3.38. The second-order valence-corrected chi connectivity index (χ2v) is 4.81. The van der Waals surface area contributed by atoms with Crippen molar-refractivity contribution in [3.8, 4) is 11.5 Å². The summed E-state index contributed by atoms with van der Waals surface area (Å²) in [6, 6.07) is 14.5. The molecule has 2 aromatic rings. The van der Waals surface area contributed by atoms with Crippen molar-refractivity contribution in [2.24, 2.45) is 5.10 Å². The highest BCUT2D eigenvalue weighted by Crippen LogP contribution is 2.14. The van der Waals surface area contributed by atoms with Crippen molar-refractivity contribution in [1.29, 1.82) is 0 Å². The van der Waals surface area contributed by atoms with Crippen molar-refractivity contribution in [2.45, 2.75) is 13.3 Å². The second kappa shape index (κ2) is 7.98. The lowest BCUT2D eigenvalue weighted by atomic mass is 10.1. The summed E-state index contributed by atoms with van der Waals surface area (Å²) in [6.45, 7) is 1.99. The molecule has 23 heavy (non-hydrogen) atoms. The summed E-state index contributed by atoms with van der Waals surface area (Å²) in [4.78, 5) is 12.2. The molecule has 1 N–H and O–H groups in total. The number of hydrazone groups is 1. The van der Waals surface area contributed by atoms with Gasteiger partial charge < -0.3 is 9.47 Å². The highest BCUT2D eigenvalue weighted by molar-refractivity contribution is 6.02. The molecule has 2 rings (SSSR count). The third-order valence-electron chi connectivity index (χ3n) is 3.38. The van der Waals surface area contributed by atoms with Gasteiger partial charge in [-0.1, -0.05) is 13.0 Å². The van der Waals surface area contributed by atoms with E-state index in [0.717, 1.165) is 17.0 Å². The smallest absolute Gasteiger partial charge is 0.271 e. The number of hydrogen-bond donors (Lipinski definition) is 1. The Morgan fingerprint density at radius 2 is 1.70 bits per heavy atom. The fraction of sp³-hybridized carbons (Fsp3) is 0.222. The first-order valence-electron chi connectivity index (χ1n) is 7.33. The molecule has 0 aliphatic rings. The first-order chi connectivity index (χ1) is 11.2. The summed E-state index contributed by atoms with van der Waals surface area (Å²) >= 11 is 0. The molecule has 0 saturated heterocycles. The van der Waals surface area contributed by atoms with Crippen LogP contribution in [0.4, 0.5) is 0 Å². The molecule has 0 saturated carbocycles. The van der Waals surface area contributed by atoms with Crippen LogP contribution in [-0.2, 0) is 0 Å². The van der Waals surface area contributed by atoms with Gasteiger partial charge in [0.25, 0.3) is 5.91 Å². The van der Waals surface area contributed by atoms with Gasteiger partial charge in [0, 0.05) is 5.56 Å². The Labute approximate surface area is 135 Å². The summed E-state index contributed by atoms with van der Waals surface area (Å²) in [5.74, 6) is 1.14. The molecule has 0 radical (unpaired) electrons. The number of amides is 1. The van der Waals surface area contributed by atoms with Crippen molar-refractivity contribution in [2.75, 3.05) is 14.2 Å². The number of benzene rings is 2. The van der Waals surface area contributed by atoms with Gasteiger partial charge in [-0.3, -0.25) is 4.79 Å². The molecule has 0 fully saturated rings. The van der Waals surface area contributed by atoms with Crippen molar-refractivity contribution in [3.63, 3.8) is 0 Å². The number of nitrogens with one attached hydrogen (secondary N) is 1. The topological polar surface area (TPSA) is 59.9 Å². The van der Waals surface area contributed by atoms with Crippen molar-refractivity contribution in [1.82, 2.24) is 5.43 Å². The van der Waals surface area contributed by atoms with Crippen LogP contribution in [0.3, 0.4) is 0 Å². The highest BCUT2D eigenvalue weighted by atomic mass is 16.5. The molecular formula is C18H20N2O3. The number of nitrogens with zero attached hydrogens (tertiary/aromatic N) is 1. The van der Waals surface area contributed by atoms with E-state index in [9.17, 15) is 4.79 Å². The number of hydrogen-bond acceptors (Lipinski definition) is 4. The van der Waals surface area contributed by atoms with Crippen LogP contribution in [0.15, 0.2) is 53.6 Å². The van der Waals surface area contributed by atoms with Crippen molar-refractivity contribution >= 4 is 11.6 Å². The molecule has 0 heterocycles. The fourth-order valence-corrected chi connectivity index (χ4v) is 2.08. The average molecular weight is 312 g/mol. The van der Waals surface area contributed by atoms with Crippen LogP contribution in [-0.4, -0.2) is 25.8 Å². The van der Waals surface area contributed by atoms with Gasteiger partial charge in [0.05, 0.1) is 19.9 Å². The zero-order valence-electron chi connectivity index (χ0n) is 13.5. The van der Waals surface area contributed by atoms with Gasteiger partial charge in [-0.05, 0) is 54.4 Å². The minimum absolute atomic E-state index is 0.275. The van der Waals surface area contributed by atoms with Crippen LogP contribution in [0.25, 0.3) is 0 Å². The lowest BCUT2D eigenvalue weighted by Crippen LogP contribution is -2.20. The van der Waals surface area contributed by atoms with Crippen LogP contribution in [0.5, 0.6) is 11.5 Å². The van der Waals surface area contributed by atoms with Gasteiger partial charge in [-0.25, -0.2) is 5.43 Å². The number of rotatable bonds is 6. The molecule has 0 aliphatic heterocycles. The van der Waals surface area contributed by atoms with E-state index in [1.807, 2.05) is 31.2 Å². The summed E-state index contributed by atoms with van der Waals surface area (Å²) < 4.78 is 10.3. The summed E-state index contributed by atoms with van der Waals surface area (Å²) in [6.07, 6.45) is 0.699. The lowest BCUT2D eigenvalue weighted by molar-refractivity contribution is 0.0954. The molecule has 0 atom stereocenters. The Balaban J connectivity index is 2.13. The molecular weight excluding hydrogens is 292 g/mol. The predicted molar refractivity (Wildman–Crippen MR) is 90.3 cm³/mol. The van der Waals surface area contributed by atoms with Crippen LogP contribution in [0.1, 0.15) is 29.3 Å². The fourth-order valence-electron chi connectivity index (χ4n) is 2.08. The first kappa shape index (κ1) is 16.5. The minimum atomic E-state index is -0.275. The molecule has 1 amide bonds. The second-order valence-electron chi connectivity index (χ2n) is 4.81. The summed E-state index contributed by atoms with van der Waals surface area (Å²) in [5.41, 5.74) is 4.83. The Morgan fingerprint density at radius 3 is 2.30 bits per heavy atom. The predicted octanol–water partition coefficient (Wildman–Crippen LogP) is 3.25. The maximum absolute atomic E-state index is 12.2. The van der Waals surface area contributed by atoms with Crippen LogP contribution in [0, 0.1) is 0 Å². The Hall–Kier alpha value is -2.82. The molecule has 0 spiro atoms. The molecule has 2 aromatic carbocycles.